The molecule has 98 valence electrons. The van der Waals surface area contributed by atoms with Gasteiger partial charge in [-0.2, -0.15) is 0 Å². The van der Waals surface area contributed by atoms with Gasteiger partial charge in [0.05, 0.1) is 6.67 Å². The fourth-order valence-corrected chi connectivity index (χ4v) is 2.60. The zero-order valence-electron chi connectivity index (χ0n) is 12.0. The maximum Gasteiger partial charge on any atom is 0.0964 e. The van der Waals surface area contributed by atoms with Crippen LogP contribution in [0.25, 0.3) is 0 Å². The lowest BCUT2D eigenvalue weighted by Crippen LogP contribution is -2.25. The maximum atomic E-state index is 13.2. The summed E-state index contributed by atoms with van der Waals surface area (Å²) < 4.78 is 13.2. The Hall–Kier alpha value is -0.590. The molecule has 0 fully saturated rings. The average Bonchev–Trinajstić information content (AvgIpc) is 2.18. The fourth-order valence-electron chi connectivity index (χ4n) is 2.60. The summed E-state index contributed by atoms with van der Waals surface area (Å²) >= 11 is 0. The molecule has 0 saturated heterocycles. The first-order valence-electron chi connectivity index (χ1n) is 6.79. The van der Waals surface area contributed by atoms with E-state index in [9.17, 15) is 4.39 Å². The molecule has 0 N–H and O–H groups in total. The molecular formula is C16H27F. The zero-order valence-corrected chi connectivity index (χ0v) is 12.0. The van der Waals surface area contributed by atoms with Crippen LogP contribution in [0.4, 0.5) is 4.39 Å². The first kappa shape index (κ1) is 14.5. The van der Waals surface area contributed by atoms with E-state index in [0.29, 0.717) is 5.92 Å². The van der Waals surface area contributed by atoms with Crippen molar-refractivity contribution in [2.75, 3.05) is 6.67 Å². The molecule has 0 heterocycles. The summed E-state index contributed by atoms with van der Waals surface area (Å²) in [6.45, 7) is 10.6. The third-order valence-electron chi connectivity index (χ3n) is 3.58. The first-order chi connectivity index (χ1) is 7.84. The van der Waals surface area contributed by atoms with Crippen LogP contribution in [0.5, 0.6) is 0 Å². The van der Waals surface area contributed by atoms with Gasteiger partial charge in [-0.25, -0.2) is 0 Å². The van der Waals surface area contributed by atoms with Crippen molar-refractivity contribution in [3.8, 4) is 0 Å². The fraction of sp³-hybridized carbons (Fsp3) is 0.750. The van der Waals surface area contributed by atoms with Gasteiger partial charge in [0.1, 0.15) is 0 Å². The summed E-state index contributed by atoms with van der Waals surface area (Å²) in [7, 11) is 0. The minimum Gasteiger partial charge on any atom is -0.250 e. The minimum absolute atomic E-state index is 0.0415. The molecule has 1 atom stereocenters. The highest BCUT2D eigenvalue weighted by atomic mass is 19.1. The Kier molecular flexibility index (Phi) is 4.97. The second-order valence-corrected chi connectivity index (χ2v) is 6.63. The Balaban J connectivity index is 2.74. The van der Waals surface area contributed by atoms with Crippen molar-refractivity contribution in [3.05, 3.63) is 23.3 Å². The predicted molar refractivity (Wildman–Crippen MR) is 73.8 cm³/mol. The summed E-state index contributed by atoms with van der Waals surface area (Å²) in [5.74, 6) is 0.725. The molecule has 0 bridgehead atoms. The molecule has 1 heteroatoms. The van der Waals surface area contributed by atoms with Gasteiger partial charge in [-0.15, -0.1) is 0 Å². The highest BCUT2D eigenvalue weighted by Crippen LogP contribution is 2.38. The van der Waals surface area contributed by atoms with Crippen molar-refractivity contribution in [1.29, 1.82) is 0 Å². The molecule has 17 heavy (non-hydrogen) atoms. The molecule has 0 aromatic carbocycles. The zero-order chi connectivity index (χ0) is 13.1. The molecule has 1 aliphatic rings. The number of hydrogen-bond donors (Lipinski definition) is 0. The third-order valence-corrected chi connectivity index (χ3v) is 3.58. The van der Waals surface area contributed by atoms with Gasteiger partial charge in [0, 0.05) is 5.92 Å². The molecule has 1 unspecified atom stereocenters. The summed E-state index contributed by atoms with van der Waals surface area (Å²) in [5, 5.41) is 0. The molecule has 0 radical (unpaired) electrons. The quantitative estimate of drug-likeness (QED) is 0.584. The van der Waals surface area contributed by atoms with E-state index in [0.717, 1.165) is 19.3 Å². The normalized spacial score (nSPS) is 21.8. The largest absolute Gasteiger partial charge is 0.250 e. The SMILES string of the molecule is CC(C)C=C1CC=C(C(CF)C(C)(C)C)CC1. The molecule has 0 aromatic heterocycles. The van der Waals surface area contributed by atoms with E-state index < -0.39 is 0 Å². The van der Waals surface area contributed by atoms with Crippen molar-refractivity contribution in [2.24, 2.45) is 17.3 Å². The van der Waals surface area contributed by atoms with Crippen molar-refractivity contribution in [3.63, 3.8) is 0 Å². The van der Waals surface area contributed by atoms with E-state index in [-0.39, 0.29) is 18.0 Å². The van der Waals surface area contributed by atoms with Gasteiger partial charge >= 0.3 is 0 Å². The van der Waals surface area contributed by atoms with Crippen LogP contribution in [0, 0.1) is 17.3 Å². The van der Waals surface area contributed by atoms with Crippen LogP contribution in [-0.2, 0) is 0 Å². The second kappa shape index (κ2) is 5.84. The molecule has 0 amide bonds. The van der Waals surface area contributed by atoms with Crippen LogP contribution >= 0.6 is 0 Å². The van der Waals surface area contributed by atoms with Crippen LogP contribution in [-0.4, -0.2) is 6.67 Å². The summed E-state index contributed by atoms with van der Waals surface area (Å²) in [5.41, 5.74) is 2.90. The number of hydrogen-bond acceptors (Lipinski definition) is 0. The molecule has 0 aliphatic heterocycles. The van der Waals surface area contributed by atoms with E-state index >= 15 is 0 Å². The lowest BCUT2D eigenvalue weighted by molar-refractivity contribution is 0.220. The topological polar surface area (TPSA) is 0 Å². The van der Waals surface area contributed by atoms with Gasteiger partial charge < -0.3 is 0 Å². The van der Waals surface area contributed by atoms with Crippen molar-refractivity contribution in [1.82, 2.24) is 0 Å². The Morgan fingerprint density at radius 3 is 2.29 bits per heavy atom. The van der Waals surface area contributed by atoms with Crippen molar-refractivity contribution in [2.45, 2.75) is 53.9 Å². The molecule has 0 spiro atoms. The molecule has 1 aliphatic carbocycles. The summed E-state index contributed by atoms with van der Waals surface area (Å²) in [6.07, 6.45) is 7.82. The predicted octanol–water partition coefficient (Wildman–Crippen LogP) is 5.31. The van der Waals surface area contributed by atoms with Crippen molar-refractivity contribution >= 4 is 0 Å². The van der Waals surface area contributed by atoms with Crippen LogP contribution < -0.4 is 0 Å². The van der Waals surface area contributed by atoms with Crippen LogP contribution in [0.15, 0.2) is 23.3 Å². The Morgan fingerprint density at radius 1 is 1.29 bits per heavy atom. The highest BCUT2D eigenvalue weighted by molar-refractivity contribution is 5.22. The Bertz CT molecular complexity index is 302. The highest BCUT2D eigenvalue weighted by Gasteiger charge is 2.28. The summed E-state index contributed by atoms with van der Waals surface area (Å²) in [4.78, 5) is 0. The van der Waals surface area contributed by atoms with Gasteiger partial charge in [-0.3, -0.25) is 4.39 Å². The van der Waals surface area contributed by atoms with Gasteiger partial charge in [0.15, 0.2) is 0 Å². The van der Waals surface area contributed by atoms with Gasteiger partial charge in [0.2, 0.25) is 0 Å². The summed E-state index contributed by atoms with van der Waals surface area (Å²) in [6, 6.07) is 0. The van der Waals surface area contributed by atoms with E-state index in [2.05, 4.69) is 46.8 Å². The van der Waals surface area contributed by atoms with Gasteiger partial charge in [-0.05, 0) is 30.6 Å². The lowest BCUT2D eigenvalue weighted by Gasteiger charge is -2.32. The lowest BCUT2D eigenvalue weighted by atomic mass is 9.73. The Morgan fingerprint density at radius 2 is 1.94 bits per heavy atom. The van der Waals surface area contributed by atoms with Crippen LogP contribution in [0.3, 0.4) is 0 Å². The minimum atomic E-state index is -0.224. The molecule has 1 rings (SSSR count). The van der Waals surface area contributed by atoms with E-state index in [1.165, 1.54) is 11.1 Å². The first-order valence-corrected chi connectivity index (χ1v) is 6.79. The standard InChI is InChI=1S/C16H27F/c1-12(2)10-13-6-8-14(9-7-13)15(11-17)16(3,4)5/h8,10,12,15H,6-7,9,11H2,1-5H3. The average molecular weight is 238 g/mol. The van der Waals surface area contributed by atoms with E-state index in [1.54, 1.807) is 0 Å². The van der Waals surface area contributed by atoms with E-state index in [4.69, 9.17) is 0 Å². The molecule has 0 nitrogen and oxygen atoms in total. The monoisotopic (exact) mass is 238 g/mol. The molecular weight excluding hydrogens is 211 g/mol. The smallest absolute Gasteiger partial charge is 0.0964 e. The van der Waals surface area contributed by atoms with Crippen molar-refractivity contribution < 1.29 is 4.39 Å². The number of rotatable bonds is 3. The number of halogens is 1. The number of alkyl halides is 1. The van der Waals surface area contributed by atoms with Crippen LogP contribution in [0.2, 0.25) is 0 Å². The van der Waals surface area contributed by atoms with Gasteiger partial charge in [-0.1, -0.05) is 57.9 Å². The van der Waals surface area contributed by atoms with E-state index in [1.807, 2.05) is 0 Å². The molecule has 0 saturated carbocycles. The maximum absolute atomic E-state index is 13.2. The Labute approximate surface area is 106 Å². The second-order valence-electron chi connectivity index (χ2n) is 6.63. The van der Waals surface area contributed by atoms with Crippen LogP contribution in [0.1, 0.15) is 53.9 Å². The van der Waals surface area contributed by atoms with Gasteiger partial charge in [0.25, 0.3) is 0 Å². The third kappa shape index (κ3) is 4.29. The number of allylic oxidation sites excluding steroid dienone is 4. The molecule has 0 aromatic rings.